The van der Waals surface area contributed by atoms with Gasteiger partial charge in [0.25, 0.3) is 0 Å². The van der Waals surface area contributed by atoms with Crippen LogP contribution < -0.4 is 5.73 Å². The number of hydrogen-bond acceptors (Lipinski definition) is 4. The Bertz CT molecular complexity index is 572. The molecule has 0 radical (unpaired) electrons. The number of nitrogens with two attached hydrogens (primary N) is 1. The second-order valence-corrected chi connectivity index (χ2v) is 4.02. The SMILES string of the molecule is CCCc1cc(N)nc(-c2ccc(O)c(F)c2)n1. The largest absolute Gasteiger partial charge is 0.505 e. The Hall–Kier alpha value is -2.17. The molecule has 18 heavy (non-hydrogen) atoms. The first kappa shape index (κ1) is 12.3. The Labute approximate surface area is 104 Å². The van der Waals surface area contributed by atoms with E-state index in [1.54, 1.807) is 12.1 Å². The van der Waals surface area contributed by atoms with E-state index in [9.17, 15) is 4.39 Å². The van der Waals surface area contributed by atoms with E-state index >= 15 is 0 Å². The number of anilines is 1. The molecule has 1 aromatic carbocycles. The van der Waals surface area contributed by atoms with Gasteiger partial charge in [-0.05, 0) is 24.6 Å². The predicted octanol–water partition coefficient (Wildman–Crippen LogP) is 2.52. The number of halogens is 1. The van der Waals surface area contributed by atoms with Crippen LogP contribution in [0.4, 0.5) is 10.2 Å². The lowest BCUT2D eigenvalue weighted by molar-refractivity contribution is 0.432. The third kappa shape index (κ3) is 2.56. The van der Waals surface area contributed by atoms with Crippen LogP contribution >= 0.6 is 0 Å². The predicted molar refractivity (Wildman–Crippen MR) is 67.5 cm³/mol. The van der Waals surface area contributed by atoms with Crippen molar-refractivity contribution in [2.75, 3.05) is 5.73 Å². The Kier molecular flexibility index (Phi) is 3.41. The van der Waals surface area contributed by atoms with Gasteiger partial charge >= 0.3 is 0 Å². The van der Waals surface area contributed by atoms with Gasteiger partial charge in [0.05, 0.1) is 0 Å². The number of aryl methyl sites for hydroxylation is 1. The summed E-state index contributed by atoms with van der Waals surface area (Å²) in [5.41, 5.74) is 7.02. The molecule has 2 rings (SSSR count). The highest BCUT2D eigenvalue weighted by Crippen LogP contribution is 2.23. The first-order valence-electron chi connectivity index (χ1n) is 5.72. The van der Waals surface area contributed by atoms with Crippen LogP contribution in [0.5, 0.6) is 5.75 Å². The minimum absolute atomic E-state index is 0.358. The number of aromatic nitrogens is 2. The average Bonchev–Trinajstić information content (AvgIpc) is 2.32. The summed E-state index contributed by atoms with van der Waals surface area (Å²) < 4.78 is 13.3. The van der Waals surface area contributed by atoms with E-state index in [0.717, 1.165) is 18.5 Å². The Morgan fingerprint density at radius 2 is 2.06 bits per heavy atom. The summed E-state index contributed by atoms with van der Waals surface area (Å²) >= 11 is 0. The third-order valence-corrected chi connectivity index (χ3v) is 2.51. The van der Waals surface area contributed by atoms with Crippen molar-refractivity contribution in [2.24, 2.45) is 0 Å². The van der Waals surface area contributed by atoms with E-state index in [4.69, 9.17) is 10.8 Å². The highest BCUT2D eigenvalue weighted by molar-refractivity contribution is 5.58. The van der Waals surface area contributed by atoms with Gasteiger partial charge in [-0.1, -0.05) is 13.3 Å². The van der Waals surface area contributed by atoms with Crippen molar-refractivity contribution in [3.05, 3.63) is 35.8 Å². The van der Waals surface area contributed by atoms with Gasteiger partial charge in [0.1, 0.15) is 5.82 Å². The zero-order valence-corrected chi connectivity index (χ0v) is 10.0. The fraction of sp³-hybridized carbons (Fsp3) is 0.231. The van der Waals surface area contributed by atoms with Crippen LogP contribution in [0, 0.1) is 5.82 Å². The van der Waals surface area contributed by atoms with Crippen LogP contribution in [0.2, 0.25) is 0 Å². The van der Waals surface area contributed by atoms with Gasteiger partial charge in [-0.25, -0.2) is 14.4 Å². The summed E-state index contributed by atoms with van der Waals surface area (Å²) in [6.45, 7) is 2.04. The van der Waals surface area contributed by atoms with Gasteiger partial charge in [-0.2, -0.15) is 0 Å². The molecule has 0 aliphatic heterocycles. The van der Waals surface area contributed by atoms with E-state index in [0.29, 0.717) is 17.2 Å². The van der Waals surface area contributed by atoms with Crippen LogP contribution in [-0.2, 0) is 6.42 Å². The summed E-state index contributed by atoms with van der Waals surface area (Å²) in [4.78, 5) is 8.40. The van der Waals surface area contributed by atoms with Crippen molar-refractivity contribution in [3.63, 3.8) is 0 Å². The smallest absolute Gasteiger partial charge is 0.165 e. The lowest BCUT2D eigenvalue weighted by Crippen LogP contribution is -2.00. The van der Waals surface area contributed by atoms with Gasteiger partial charge in [0.15, 0.2) is 17.4 Å². The molecule has 3 N–H and O–H groups in total. The van der Waals surface area contributed by atoms with E-state index in [1.165, 1.54) is 12.1 Å². The Balaban J connectivity index is 2.46. The van der Waals surface area contributed by atoms with Crippen LogP contribution in [-0.4, -0.2) is 15.1 Å². The van der Waals surface area contributed by atoms with Crippen LogP contribution in [0.1, 0.15) is 19.0 Å². The number of rotatable bonds is 3. The van der Waals surface area contributed by atoms with Crippen molar-refractivity contribution in [2.45, 2.75) is 19.8 Å². The standard InChI is InChI=1S/C13H14FN3O/c1-2-3-9-7-12(15)17-13(16-9)8-4-5-11(18)10(14)6-8/h4-7,18H,2-3H2,1H3,(H2,15,16,17). The number of benzene rings is 1. The van der Waals surface area contributed by atoms with Gasteiger partial charge in [-0.15, -0.1) is 0 Å². The molecule has 4 nitrogen and oxygen atoms in total. The Morgan fingerprint density at radius 3 is 2.72 bits per heavy atom. The molecular formula is C13H14FN3O. The average molecular weight is 247 g/mol. The van der Waals surface area contributed by atoms with Crippen molar-refractivity contribution in [3.8, 4) is 17.1 Å². The van der Waals surface area contributed by atoms with E-state index < -0.39 is 11.6 Å². The maximum absolute atomic E-state index is 13.3. The van der Waals surface area contributed by atoms with E-state index in [-0.39, 0.29) is 0 Å². The number of nitrogen functional groups attached to an aromatic ring is 1. The van der Waals surface area contributed by atoms with Crippen molar-refractivity contribution in [1.29, 1.82) is 0 Å². The third-order valence-electron chi connectivity index (χ3n) is 2.51. The summed E-state index contributed by atoms with van der Waals surface area (Å²) in [5, 5.41) is 9.14. The molecule has 0 amide bonds. The highest BCUT2D eigenvalue weighted by Gasteiger charge is 2.08. The molecule has 2 aromatic rings. The van der Waals surface area contributed by atoms with Crippen molar-refractivity contribution < 1.29 is 9.50 Å². The molecule has 0 aliphatic carbocycles. The minimum Gasteiger partial charge on any atom is -0.505 e. The summed E-state index contributed by atoms with van der Waals surface area (Å²) in [5.74, 6) is -0.360. The minimum atomic E-state index is -0.699. The van der Waals surface area contributed by atoms with E-state index in [1.807, 2.05) is 6.92 Å². The van der Waals surface area contributed by atoms with E-state index in [2.05, 4.69) is 9.97 Å². The first-order valence-corrected chi connectivity index (χ1v) is 5.72. The van der Waals surface area contributed by atoms with Gasteiger partial charge in [-0.3, -0.25) is 0 Å². The van der Waals surface area contributed by atoms with Crippen molar-refractivity contribution in [1.82, 2.24) is 9.97 Å². The Morgan fingerprint density at radius 1 is 1.28 bits per heavy atom. The molecule has 5 heteroatoms. The molecule has 94 valence electrons. The quantitative estimate of drug-likeness (QED) is 0.874. The summed E-state index contributed by atoms with van der Waals surface area (Å²) in [7, 11) is 0. The highest BCUT2D eigenvalue weighted by atomic mass is 19.1. The number of nitrogens with zero attached hydrogens (tertiary/aromatic N) is 2. The van der Waals surface area contributed by atoms with Crippen LogP contribution in [0.3, 0.4) is 0 Å². The maximum atomic E-state index is 13.3. The molecule has 0 fully saturated rings. The normalized spacial score (nSPS) is 10.6. The lowest BCUT2D eigenvalue weighted by Gasteiger charge is -2.05. The van der Waals surface area contributed by atoms with Crippen LogP contribution in [0.15, 0.2) is 24.3 Å². The number of phenolic OH excluding ortho intramolecular Hbond substituents is 1. The molecule has 0 unspecified atom stereocenters. The molecule has 0 aliphatic rings. The second kappa shape index (κ2) is 5.00. The molecule has 0 bridgehead atoms. The van der Waals surface area contributed by atoms with Gasteiger partial charge < -0.3 is 10.8 Å². The molecule has 0 saturated heterocycles. The summed E-state index contributed by atoms with van der Waals surface area (Å²) in [6, 6.07) is 5.74. The number of aromatic hydroxyl groups is 1. The number of hydrogen-bond donors (Lipinski definition) is 2. The van der Waals surface area contributed by atoms with Crippen LogP contribution in [0.25, 0.3) is 11.4 Å². The molecule has 0 saturated carbocycles. The van der Waals surface area contributed by atoms with Gasteiger partial charge in [0.2, 0.25) is 0 Å². The topological polar surface area (TPSA) is 72.0 Å². The fourth-order valence-electron chi connectivity index (χ4n) is 1.68. The van der Waals surface area contributed by atoms with Crippen molar-refractivity contribution >= 4 is 5.82 Å². The second-order valence-electron chi connectivity index (χ2n) is 4.02. The molecule has 1 aromatic heterocycles. The zero-order chi connectivity index (χ0) is 13.1. The summed E-state index contributed by atoms with van der Waals surface area (Å²) in [6.07, 6.45) is 1.74. The maximum Gasteiger partial charge on any atom is 0.165 e. The molecular weight excluding hydrogens is 233 g/mol. The number of phenols is 1. The lowest BCUT2D eigenvalue weighted by atomic mass is 10.1. The molecule has 0 atom stereocenters. The monoisotopic (exact) mass is 247 g/mol. The first-order chi connectivity index (χ1) is 8.60. The molecule has 1 heterocycles. The molecule has 0 spiro atoms. The van der Waals surface area contributed by atoms with Gasteiger partial charge in [0, 0.05) is 17.3 Å². The fourth-order valence-corrected chi connectivity index (χ4v) is 1.68. The zero-order valence-electron chi connectivity index (χ0n) is 10.0.